The van der Waals surface area contributed by atoms with Gasteiger partial charge in [0, 0.05) is 50.7 Å². The van der Waals surface area contributed by atoms with Gasteiger partial charge in [0.05, 0.1) is 0 Å². The molecule has 0 unspecified atom stereocenters. The molecule has 0 aliphatic carbocycles. The second kappa shape index (κ2) is 7.49. The summed E-state index contributed by atoms with van der Waals surface area (Å²) in [6.07, 6.45) is 1.56. The summed E-state index contributed by atoms with van der Waals surface area (Å²) in [7, 11) is 0. The molecule has 7 heteroatoms. The van der Waals surface area contributed by atoms with E-state index in [-0.39, 0.29) is 5.91 Å². The zero-order chi connectivity index (χ0) is 16.9. The molecule has 2 heterocycles. The smallest absolute Gasteiger partial charge is 0.219 e. The van der Waals surface area contributed by atoms with Crippen LogP contribution in [-0.2, 0) is 11.3 Å². The summed E-state index contributed by atoms with van der Waals surface area (Å²) < 4.78 is 0. The second-order valence-corrected chi connectivity index (χ2v) is 6.11. The standard InChI is InChI=1S/C17H20ClN5O/c1-13(24)22-6-8-23(9-7-22)17-10-16(20-12-21-17)19-11-14-4-2-3-5-15(14)18/h2-5,10,12H,6-9,11H2,1H3,(H,19,20,21). The van der Waals surface area contributed by atoms with Crippen LogP contribution in [0, 0.1) is 0 Å². The molecule has 24 heavy (non-hydrogen) atoms. The van der Waals surface area contributed by atoms with Gasteiger partial charge in [0.2, 0.25) is 5.91 Å². The predicted molar refractivity (Wildman–Crippen MR) is 95.3 cm³/mol. The van der Waals surface area contributed by atoms with Gasteiger partial charge in [-0.15, -0.1) is 0 Å². The average Bonchev–Trinajstić information content (AvgIpc) is 2.61. The summed E-state index contributed by atoms with van der Waals surface area (Å²) in [5.41, 5.74) is 1.02. The third-order valence-electron chi connectivity index (χ3n) is 4.12. The Morgan fingerprint density at radius 3 is 2.67 bits per heavy atom. The van der Waals surface area contributed by atoms with E-state index in [1.54, 1.807) is 13.3 Å². The molecule has 126 valence electrons. The van der Waals surface area contributed by atoms with Crippen molar-refractivity contribution in [2.24, 2.45) is 0 Å². The number of nitrogens with zero attached hydrogens (tertiary/aromatic N) is 4. The number of hydrogen-bond acceptors (Lipinski definition) is 5. The molecular formula is C17H20ClN5O. The Bertz CT molecular complexity index is 716. The molecular weight excluding hydrogens is 326 g/mol. The van der Waals surface area contributed by atoms with Crippen LogP contribution in [0.15, 0.2) is 36.7 Å². The minimum absolute atomic E-state index is 0.124. The van der Waals surface area contributed by atoms with E-state index in [1.807, 2.05) is 35.2 Å². The van der Waals surface area contributed by atoms with Crippen LogP contribution in [0.5, 0.6) is 0 Å². The van der Waals surface area contributed by atoms with Gasteiger partial charge in [-0.3, -0.25) is 4.79 Å². The van der Waals surface area contributed by atoms with Crippen LogP contribution in [0.3, 0.4) is 0 Å². The van der Waals surface area contributed by atoms with Gasteiger partial charge in [-0.2, -0.15) is 0 Å². The lowest BCUT2D eigenvalue weighted by Gasteiger charge is -2.34. The van der Waals surface area contributed by atoms with Crippen LogP contribution >= 0.6 is 11.6 Å². The van der Waals surface area contributed by atoms with Gasteiger partial charge in [-0.1, -0.05) is 29.8 Å². The van der Waals surface area contributed by atoms with E-state index in [1.165, 1.54) is 0 Å². The normalized spacial score (nSPS) is 14.6. The Morgan fingerprint density at radius 1 is 1.21 bits per heavy atom. The van der Waals surface area contributed by atoms with E-state index < -0.39 is 0 Å². The van der Waals surface area contributed by atoms with Crippen molar-refractivity contribution in [3.05, 3.63) is 47.2 Å². The highest BCUT2D eigenvalue weighted by molar-refractivity contribution is 6.31. The van der Waals surface area contributed by atoms with Crippen molar-refractivity contribution in [2.45, 2.75) is 13.5 Å². The number of hydrogen-bond donors (Lipinski definition) is 1. The van der Waals surface area contributed by atoms with Gasteiger partial charge in [-0.05, 0) is 11.6 Å². The molecule has 1 fully saturated rings. The number of piperazine rings is 1. The first-order valence-corrected chi connectivity index (χ1v) is 8.31. The Kier molecular flexibility index (Phi) is 5.15. The third kappa shape index (κ3) is 3.94. The molecule has 3 rings (SSSR count). The highest BCUT2D eigenvalue weighted by Gasteiger charge is 2.19. The summed E-state index contributed by atoms with van der Waals surface area (Å²) in [5, 5.41) is 4.02. The molecule has 1 aliphatic rings. The van der Waals surface area contributed by atoms with Crippen LogP contribution < -0.4 is 10.2 Å². The minimum Gasteiger partial charge on any atom is -0.366 e. The number of aromatic nitrogens is 2. The lowest BCUT2D eigenvalue weighted by Crippen LogP contribution is -2.48. The van der Waals surface area contributed by atoms with Crippen LogP contribution in [0.25, 0.3) is 0 Å². The van der Waals surface area contributed by atoms with Gasteiger partial charge < -0.3 is 15.1 Å². The Balaban J connectivity index is 1.62. The molecule has 0 radical (unpaired) electrons. The molecule has 1 amide bonds. The Morgan fingerprint density at radius 2 is 1.96 bits per heavy atom. The molecule has 1 aliphatic heterocycles. The molecule has 1 N–H and O–H groups in total. The Labute approximate surface area is 146 Å². The van der Waals surface area contributed by atoms with Crippen LogP contribution in [-0.4, -0.2) is 47.0 Å². The van der Waals surface area contributed by atoms with E-state index >= 15 is 0 Å². The number of amides is 1. The van der Waals surface area contributed by atoms with Crippen molar-refractivity contribution >= 4 is 29.1 Å². The molecule has 0 bridgehead atoms. The SMILES string of the molecule is CC(=O)N1CCN(c2cc(NCc3ccccc3Cl)ncn2)CC1. The molecule has 6 nitrogen and oxygen atoms in total. The number of benzene rings is 1. The van der Waals surface area contributed by atoms with E-state index in [4.69, 9.17) is 11.6 Å². The van der Waals surface area contributed by atoms with Crippen LogP contribution in [0.1, 0.15) is 12.5 Å². The first-order chi connectivity index (χ1) is 11.6. The van der Waals surface area contributed by atoms with Crippen LogP contribution in [0.2, 0.25) is 5.02 Å². The fourth-order valence-corrected chi connectivity index (χ4v) is 2.90. The van der Waals surface area contributed by atoms with Crippen molar-refractivity contribution in [2.75, 3.05) is 36.4 Å². The summed E-state index contributed by atoms with van der Waals surface area (Å²) >= 11 is 6.17. The number of halogens is 1. The maximum atomic E-state index is 11.4. The maximum absolute atomic E-state index is 11.4. The molecule has 0 spiro atoms. The summed E-state index contributed by atoms with van der Waals surface area (Å²) in [5.74, 6) is 1.75. The van der Waals surface area contributed by atoms with E-state index in [9.17, 15) is 4.79 Å². The third-order valence-corrected chi connectivity index (χ3v) is 4.49. The summed E-state index contributed by atoms with van der Waals surface area (Å²) in [6, 6.07) is 9.66. The summed E-state index contributed by atoms with van der Waals surface area (Å²) in [4.78, 5) is 24.0. The zero-order valence-electron chi connectivity index (χ0n) is 13.6. The highest BCUT2D eigenvalue weighted by atomic mass is 35.5. The number of carbonyl (C=O) groups excluding carboxylic acids is 1. The minimum atomic E-state index is 0.124. The fraction of sp³-hybridized carbons (Fsp3) is 0.353. The van der Waals surface area contributed by atoms with Crippen LogP contribution in [0.4, 0.5) is 11.6 Å². The van der Waals surface area contributed by atoms with E-state index in [0.29, 0.717) is 6.54 Å². The number of carbonyl (C=O) groups is 1. The van der Waals surface area contributed by atoms with Crippen molar-refractivity contribution in [1.82, 2.24) is 14.9 Å². The van der Waals surface area contributed by atoms with Crippen molar-refractivity contribution in [1.29, 1.82) is 0 Å². The maximum Gasteiger partial charge on any atom is 0.219 e. The molecule has 0 atom stereocenters. The lowest BCUT2D eigenvalue weighted by molar-refractivity contribution is -0.129. The van der Waals surface area contributed by atoms with Crippen molar-refractivity contribution in [3.63, 3.8) is 0 Å². The van der Waals surface area contributed by atoms with E-state index in [2.05, 4.69) is 20.2 Å². The lowest BCUT2D eigenvalue weighted by atomic mass is 10.2. The first-order valence-electron chi connectivity index (χ1n) is 7.93. The first kappa shape index (κ1) is 16.5. The number of nitrogens with one attached hydrogen (secondary N) is 1. The molecule has 1 saturated heterocycles. The average molecular weight is 346 g/mol. The molecule has 2 aromatic rings. The van der Waals surface area contributed by atoms with Gasteiger partial charge >= 0.3 is 0 Å². The van der Waals surface area contributed by atoms with E-state index in [0.717, 1.165) is 48.4 Å². The quantitative estimate of drug-likeness (QED) is 0.922. The summed E-state index contributed by atoms with van der Waals surface area (Å²) in [6.45, 7) is 5.22. The number of rotatable bonds is 4. The molecule has 1 aromatic heterocycles. The largest absolute Gasteiger partial charge is 0.366 e. The zero-order valence-corrected chi connectivity index (χ0v) is 14.3. The Hall–Kier alpha value is -2.34. The van der Waals surface area contributed by atoms with Gasteiger partial charge in [0.15, 0.2) is 0 Å². The predicted octanol–water partition coefficient (Wildman–Crippen LogP) is 2.41. The molecule has 1 aromatic carbocycles. The topological polar surface area (TPSA) is 61.4 Å². The molecule has 0 saturated carbocycles. The van der Waals surface area contributed by atoms with Crippen molar-refractivity contribution < 1.29 is 4.79 Å². The van der Waals surface area contributed by atoms with Gasteiger partial charge in [0.25, 0.3) is 0 Å². The van der Waals surface area contributed by atoms with Gasteiger partial charge in [0.1, 0.15) is 18.0 Å². The monoisotopic (exact) mass is 345 g/mol. The second-order valence-electron chi connectivity index (χ2n) is 5.70. The fourth-order valence-electron chi connectivity index (χ4n) is 2.69. The van der Waals surface area contributed by atoms with Crippen molar-refractivity contribution in [3.8, 4) is 0 Å². The number of anilines is 2. The highest BCUT2D eigenvalue weighted by Crippen LogP contribution is 2.19. The van der Waals surface area contributed by atoms with Gasteiger partial charge in [-0.25, -0.2) is 9.97 Å².